The van der Waals surface area contributed by atoms with Gasteiger partial charge in [0.1, 0.15) is 5.75 Å². The molecule has 0 spiro atoms. The molecule has 6 heteroatoms. The van der Waals surface area contributed by atoms with Crippen molar-refractivity contribution in [3.05, 3.63) is 17.7 Å². The van der Waals surface area contributed by atoms with E-state index in [4.69, 9.17) is 25.1 Å². The van der Waals surface area contributed by atoms with E-state index in [1.165, 1.54) is 0 Å². The van der Waals surface area contributed by atoms with Crippen molar-refractivity contribution >= 4 is 5.97 Å². The van der Waals surface area contributed by atoms with E-state index in [9.17, 15) is 4.79 Å². The van der Waals surface area contributed by atoms with Crippen LogP contribution in [-0.2, 0) is 11.2 Å². The zero-order valence-electron chi connectivity index (χ0n) is 15.0. The Morgan fingerprint density at radius 3 is 2.42 bits per heavy atom. The van der Waals surface area contributed by atoms with Gasteiger partial charge in [0.05, 0.1) is 27.2 Å². The largest absolute Gasteiger partial charge is 0.497 e. The van der Waals surface area contributed by atoms with E-state index in [-0.39, 0.29) is 6.54 Å². The lowest BCUT2D eigenvalue weighted by atomic mass is 9.91. The molecule has 0 aliphatic heterocycles. The van der Waals surface area contributed by atoms with Gasteiger partial charge >= 0.3 is 5.97 Å². The first-order chi connectivity index (χ1) is 11.5. The Hall–Kier alpha value is -1.95. The topological polar surface area (TPSA) is 91.0 Å². The molecule has 0 saturated heterocycles. The summed E-state index contributed by atoms with van der Waals surface area (Å²) in [4.78, 5) is 11.1. The predicted octanol–water partition coefficient (Wildman–Crippen LogP) is 2.72. The van der Waals surface area contributed by atoms with E-state index >= 15 is 0 Å². The summed E-state index contributed by atoms with van der Waals surface area (Å²) in [6.07, 6.45) is 3.25. The van der Waals surface area contributed by atoms with Crippen molar-refractivity contribution in [3.8, 4) is 17.2 Å². The summed E-state index contributed by atoms with van der Waals surface area (Å²) in [5, 5.41) is 9.08. The zero-order chi connectivity index (χ0) is 18.1. The summed E-state index contributed by atoms with van der Waals surface area (Å²) in [5.74, 6) is 1.11. The second-order valence-electron chi connectivity index (χ2n) is 6.03. The van der Waals surface area contributed by atoms with Crippen LogP contribution in [0.3, 0.4) is 0 Å². The Morgan fingerprint density at radius 1 is 1.21 bits per heavy atom. The first-order valence-corrected chi connectivity index (χ1v) is 8.18. The third kappa shape index (κ3) is 5.60. The summed E-state index contributed by atoms with van der Waals surface area (Å²) in [6, 6.07) is 3.75. The molecule has 0 fully saturated rings. The van der Waals surface area contributed by atoms with Crippen molar-refractivity contribution in [2.24, 2.45) is 17.6 Å². The zero-order valence-corrected chi connectivity index (χ0v) is 15.0. The minimum Gasteiger partial charge on any atom is -0.497 e. The van der Waals surface area contributed by atoms with E-state index in [0.717, 1.165) is 36.3 Å². The van der Waals surface area contributed by atoms with Crippen LogP contribution in [0, 0.1) is 11.8 Å². The van der Waals surface area contributed by atoms with Gasteiger partial charge in [-0.1, -0.05) is 13.3 Å². The fourth-order valence-electron chi connectivity index (χ4n) is 2.86. The van der Waals surface area contributed by atoms with Crippen LogP contribution in [0.1, 0.15) is 31.7 Å². The minimum absolute atomic E-state index is 0.181. The predicted molar refractivity (Wildman–Crippen MR) is 93.0 cm³/mol. The number of ether oxygens (including phenoxy) is 3. The molecule has 0 bridgehead atoms. The van der Waals surface area contributed by atoms with Crippen molar-refractivity contribution in [2.75, 3.05) is 27.9 Å². The minimum atomic E-state index is -0.816. The number of carboxylic acid groups (broad SMARTS) is 1. The van der Waals surface area contributed by atoms with E-state index in [1.54, 1.807) is 27.4 Å². The van der Waals surface area contributed by atoms with E-state index in [2.05, 4.69) is 6.92 Å². The number of aliphatic carboxylic acids is 1. The first-order valence-electron chi connectivity index (χ1n) is 8.18. The Morgan fingerprint density at radius 2 is 1.92 bits per heavy atom. The standard InChI is InChI=1S/C18H29NO5/c1-12(8-14(11-19)18(20)21)6-5-7-13-9-15(22-2)10-16(23-3)17(13)24-4/h9-10,12,14H,5-8,11,19H2,1-4H3,(H,20,21). The fraction of sp³-hybridized carbons (Fsp3) is 0.611. The lowest BCUT2D eigenvalue weighted by Crippen LogP contribution is -2.25. The molecule has 1 rings (SSSR count). The van der Waals surface area contributed by atoms with E-state index in [1.807, 2.05) is 6.07 Å². The quantitative estimate of drug-likeness (QED) is 0.644. The maximum Gasteiger partial charge on any atom is 0.307 e. The molecule has 0 aliphatic rings. The lowest BCUT2D eigenvalue weighted by Gasteiger charge is -2.17. The van der Waals surface area contributed by atoms with Crippen LogP contribution in [0.2, 0.25) is 0 Å². The normalized spacial score (nSPS) is 13.2. The van der Waals surface area contributed by atoms with Gasteiger partial charge in [0.2, 0.25) is 0 Å². The van der Waals surface area contributed by atoms with Crippen LogP contribution in [0.4, 0.5) is 0 Å². The van der Waals surface area contributed by atoms with Crippen LogP contribution in [0.5, 0.6) is 17.2 Å². The molecule has 0 saturated carbocycles. The molecule has 6 nitrogen and oxygen atoms in total. The highest BCUT2D eigenvalue weighted by Gasteiger charge is 2.19. The maximum absolute atomic E-state index is 11.1. The van der Waals surface area contributed by atoms with Crippen LogP contribution in [0.25, 0.3) is 0 Å². The van der Waals surface area contributed by atoms with Gasteiger partial charge in [-0.25, -0.2) is 0 Å². The van der Waals surface area contributed by atoms with Gasteiger partial charge in [0, 0.05) is 18.2 Å². The third-order valence-corrected chi connectivity index (χ3v) is 4.23. The highest BCUT2D eigenvalue weighted by atomic mass is 16.5. The molecule has 24 heavy (non-hydrogen) atoms. The Labute approximate surface area is 143 Å². The molecular weight excluding hydrogens is 310 g/mol. The van der Waals surface area contributed by atoms with Gasteiger partial charge < -0.3 is 25.1 Å². The van der Waals surface area contributed by atoms with Crippen molar-refractivity contribution in [3.63, 3.8) is 0 Å². The summed E-state index contributed by atoms with van der Waals surface area (Å²) >= 11 is 0. The first kappa shape index (κ1) is 20.1. The molecule has 0 radical (unpaired) electrons. The monoisotopic (exact) mass is 339 g/mol. The number of benzene rings is 1. The number of nitrogens with two attached hydrogens (primary N) is 1. The van der Waals surface area contributed by atoms with Crippen molar-refractivity contribution in [2.45, 2.75) is 32.6 Å². The van der Waals surface area contributed by atoms with Gasteiger partial charge in [-0.15, -0.1) is 0 Å². The smallest absolute Gasteiger partial charge is 0.307 e. The van der Waals surface area contributed by atoms with Gasteiger partial charge in [0.15, 0.2) is 11.5 Å². The lowest BCUT2D eigenvalue weighted by molar-refractivity contribution is -0.141. The Bertz CT molecular complexity index is 532. The van der Waals surface area contributed by atoms with Crippen molar-refractivity contribution in [1.29, 1.82) is 0 Å². The third-order valence-electron chi connectivity index (χ3n) is 4.23. The molecule has 3 N–H and O–H groups in total. The second kappa shape index (κ2) is 10.0. The molecular formula is C18H29NO5. The highest BCUT2D eigenvalue weighted by Crippen LogP contribution is 2.36. The Kier molecular flexibility index (Phi) is 8.40. The van der Waals surface area contributed by atoms with E-state index < -0.39 is 11.9 Å². The second-order valence-corrected chi connectivity index (χ2v) is 6.03. The number of hydrogen-bond donors (Lipinski definition) is 2. The molecule has 0 heterocycles. The summed E-state index contributed by atoms with van der Waals surface area (Å²) < 4.78 is 16.1. The number of hydrogen-bond acceptors (Lipinski definition) is 5. The van der Waals surface area contributed by atoms with E-state index in [0.29, 0.717) is 18.1 Å². The number of rotatable bonds is 11. The molecule has 1 aromatic carbocycles. The Balaban J connectivity index is 2.68. The maximum atomic E-state index is 11.1. The average molecular weight is 339 g/mol. The summed E-state index contributed by atoms with van der Waals surface area (Å²) in [6.45, 7) is 2.25. The summed E-state index contributed by atoms with van der Waals surface area (Å²) in [5.41, 5.74) is 6.54. The molecule has 0 aromatic heterocycles. The number of carbonyl (C=O) groups is 1. The number of methoxy groups -OCH3 is 3. The highest BCUT2D eigenvalue weighted by molar-refractivity contribution is 5.70. The van der Waals surface area contributed by atoms with Gasteiger partial charge in [0.25, 0.3) is 0 Å². The SMILES string of the molecule is COc1cc(CCCC(C)CC(CN)C(=O)O)c(OC)c(OC)c1. The fourth-order valence-corrected chi connectivity index (χ4v) is 2.86. The summed E-state index contributed by atoms with van der Waals surface area (Å²) in [7, 11) is 4.84. The average Bonchev–Trinajstić information content (AvgIpc) is 2.58. The molecule has 0 amide bonds. The number of aryl methyl sites for hydroxylation is 1. The van der Waals surface area contributed by atoms with Crippen LogP contribution >= 0.6 is 0 Å². The molecule has 136 valence electrons. The van der Waals surface area contributed by atoms with Crippen LogP contribution in [-0.4, -0.2) is 38.9 Å². The van der Waals surface area contributed by atoms with Crippen molar-refractivity contribution in [1.82, 2.24) is 0 Å². The number of carboxylic acids is 1. The van der Waals surface area contributed by atoms with Gasteiger partial charge in [-0.2, -0.15) is 0 Å². The molecule has 1 aromatic rings. The molecule has 0 aliphatic carbocycles. The molecule has 2 atom stereocenters. The molecule has 2 unspecified atom stereocenters. The van der Waals surface area contributed by atoms with Gasteiger partial charge in [-0.3, -0.25) is 4.79 Å². The van der Waals surface area contributed by atoms with Gasteiger partial charge in [-0.05, 0) is 31.2 Å². The van der Waals surface area contributed by atoms with Crippen molar-refractivity contribution < 1.29 is 24.1 Å². The van der Waals surface area contributed by atoms with Crippen LogP contribution in [0.15, 0.2) is 12.1 Å². The van der Waals surface area contributed by atoms with Crippen LogP contribution < -0.4 is 19.9 Å².